The Morgan fingerprint density at radius 3 is 2.29 bits per heavy atom. The van der Waals surface area contributed by atoms with E-state index in [0.29, 0.717) is 18.8 Å². The number of hydrogen-bond acceptors (Lipinski definition) is 6. The number of carbonyl (C=O) groups excluding carboxylic acids is 1. The van der Waals surface area contributed by atoms with Crippen LogP contribution in [0.3, 0.4) is 0 Å². The van der Waals surface area contributed by atoms with E-state index in [2.05, 4.69) is 15.0 Å². The summed E-state index contributed by atoms with van der Waals surface area (Å²) in [7, 11) is -7.69. The number of benzene rings is 2. The Morgan fingerprint density at radius 2 is 1.63 bits per heavy atom. The van der Waals surface area contributed by atoms with Gasteiger partial charge in [0.2, 0.25) is 10.0 Å². The summed E-state index contributed by atoms with van der Waals surface area (Å²) in [4.78, 5) is 16.6. The number of nitrogens with zero attached hydrogens (tertiary/aromatic N) is 2. The van der Waals surface area contributed by atoms with Gasteiger partial charge in [-0.05, 0) is 67.4 Å². The maximum atomic E-state index is 13.0. The number of sulfonamides is 2. The predicted molar refractivity (Wildman–Crippen MR) is 134 cm³/mol. The summed E-state index contributed by atoms with van der Waals surface area (Å²) >= 11 is 6.18. The lowest BCUT2D eigenvalue weighted by Crippen LogP contribution is -2.35. The molecule has 0 aliphatic carbocycles. The number of rotatable bonds is 7. The molecule has 184 valence electrons. The van der Waals surface area contributed by atoms with Crippen molar-refractivity contribution in [1.82, 2.24) is 9.29 Å². The number of aromatic nitrogens is 1. The molecule has 1 fully saturated rings. The highest BCUT2D eigenvalue weighted by Crippen LogP contribution is 2.28. The van der Waals surface area contributed by atoms with Crippen LogP contribution in [0.4, 0.5) is 11.5 Å². The molecule has 0 spiro atoms. The summed E-state index contributed by atoms with van der Waals surface area (Å²) in [5.41, 5.74) is 0.445. The van der Waals surface area contributed by atoms with Crippen LogP contribution in [-0.2, 0) is 20.0 Å². The first-order valence-electron chi connectivity index (χ1n) is 10.8. The molecular formula is C23H23ClN4O5S2. The van der Waals surface area contributed by atoms with Crippen molar-refractivity contribution in [2.75, 3.05) is 23.1 Å². The highest BCUT2D eigenvalue weighted by molar-refractivity contribution is 7.92. The van der Waals surface area contributed by atoms with E-state index in [1.165, 1.54) is 59.0 Å². The second-order valence-electron chi connectivity index (χ2n) is 7.91. The van der Waals surface area contributed by atoms with Gasteiger partial charge in [-0.25, -0.2) is 21.8 Å². The van der Waals surface area contributed by atoms with Crippen molar-refractivity contribution >= 4 is 49.1 Å². The summed E-state index contributed by atoms with van der Waals surface area (Å²) in [6, 6.07) is 14.5. The van der Waals surface area contributed by atoms with E-state index in [4.69, 9.17) is 11.6 Å². The Bertz CT molecular complexity index is 1420. The third-order valence-corrected chi connectivity index (χ3v) is 9.20. The lowest BCUT2D eigenvalue weighted by Gasteiger charge is -2.26. The van der Waals surface area contributed by atoms with Gasteiger partial charge in [-0.2, -0.15) is 4.31 Å². The van der Waals surface area contributed by atoms with Crippen LogP contribution in [0.1, 0.15) is 29.6 Å². The smallest absolute Gasteiger partial charge is 0.263 e. The number of amides is 1. The largest absolute Gasteiger partial charge is 0.322 e. The summed E-state index contributed by atoms with van der Waals surface area (Å²) in [5, 5.41) is 2.69. The van der Waals surface area contributed by atoms with Crippen molar-refractivity contribution in [2.24, 2.45) is 0 Å². The molecule has 4 rings (SSSR count). The third-order valence-electron chi connectivity index (χ3n) is 5.45. The van der Waals surface area contributed by atoms with Gasteiger partial charge >= 0.3 is 0 Å². The molecule has 0 atom stereocenters. The van der Waals surface area contributed by atoms with Gasteiger partial charge in [-0.15, -0.1) is 0 Å². The quantitative estimate of drug-likeness (QED) is 0.472. The lowest BCUT2D eigenvalue weighted by atomic mass is 10.2. The van der Waals surface area contributed by atoms with Gasteiger partial charge in [0.15, 0.2) is 0 Å². The molecule has 12 heteroatoms. The average molecular weight is 535 g/mol. The highest BCUT2D eigenvalue weighted by Gasteiger charge is 2.28. The fourth-order valence-corrected chi connectivity index (χ4v) is 6.65. The summed E-state index contributed by atoms with van der Waals surface area (Å²) in [6.07, 6.45) is 4.00. The maximum Gasteiger partial charge on any atom is 0.263 e. The van der Waals surface area contributed by atoms with Crippen LogP contribution in [0.25, 0.3) is 0 Å². The molecule has 0 radical (unpaired) electrons. The van der Waals surface area contributed by atoms with E-state index in [1.807, 2.05) is 0 Å². The standard InChI is InChI=1S/C23H23ClN4O5S2/c24-20-12-7-17(16-21(20)35(32,33)28-14-4-1-5-15-28)23(29)26-18-8-10-19(11-9-18)34(30,31)27-22-6-2-3-13-25-22/h2-3,6-13,16H,1,4-5,14-15H2,(H,25,27)(H,26,29). The number of nitrogens with one attached hydrogen (secondary N) is 2. The number of carbonyl (C=O) groups is 1. The molecule has 1 aliphatic rings. The highest BCUT2D eigenvalue weighted by atomic mass is 35.5. The van der Waals surface area contributed by atoms with Crippen molar-refractivity contribution in [2.45, 2.75) is 29.1 Å². The van der Waals surface area contributed by atoms with E-state index in [1.54, 1.807) is 12.1 Å². The predicted octanol–water partition coefficient (Wildman–Crippen LogP) is 3.96. The molecule has 1 aromatic heterocycles. The Hall–Kier alpha value is -2.99. The second kappa shape index (κ2) is 10.3. The van der Waals surface area contributed by atoms with Gasteiger partial charge in [0.1, 0.15) is 10.7 Å². The average Bonchev–Trinajstić information content (AvgIpc) is 2.85. The minimum atomic E-state index is -3.86. The zero-order chi connectivity index (χ0) is 25.1. The van der Waals surface area contributed by atoms with E-state index in [-0.39, 0.29) is 26.2 Å². The first-order valence-corrected chi connectivity index (χ1v) is 14.1. The van der Waals surface area contributed by atoms with Gasteiger partial charge in [0, 0.05) is 30.5 Å². The zero-order valence-corrected chi connectivity index (χ0v) is 20.9. The molecule has 2 N–H and O–H groups in total. The molecule has 1 saturated heterocycles. The second-order valence-corrected chi connectivity index (χ2v) is 11.9. The maximum absolute atomic E-state index is 13.0. The molecule has 2 aromatic carbocycles. The van der Waals surface area contributed by atoms with Crippen LogP contribution < -0.4 is 10.0 Å². The molecule has 0 unspecified atom stereocenters. The Labute approximate surface area is 209 Å². The normalized spacial score (nSPS) is 14.9. The molecule has 35 heavy (non-hydrogen) atoms. The fraction of sp³-hybridized carbons (Fsp3) is 0.217. The molecule has 3 aromatic rings. The van der Waals surface area contributed by atoms with Crippen LogP contribution in [0.5, 0.6) is 0 Å². The summed E-state index contributed by atoms with van der Waals surface area (Å²) in [6.45, 7) is 0.832. The van der Waals surface area contributed by atoms with Crippen LogP contribution in [0.2, 0.25) is 5.02 Å². The van der Waals surface area contributed by atoms with Crippen molar-refractivity contribution < 1.29 is 21.6 Å². The van der Waals surface area contributed by atoms with E-state index in [9.17, 15) is 21.6 Å². The zero-order valence-electron chi connectivity index (χ0n) is 18.5. The van der Waals surface area contributed by atoms with E-state index >= 15 is 0 Å². The number of piperidine rings is 1. The van der Waals surface area contributed by atoms with Gasteiger partial charge in [0.05, 0.1) is 9.92 Å². The summed E-state index contributed by atoms with van der Waals surface area (Å²) < 4.78 is 54.9. The van der Waals surface area contributed by atoms with Gasteiger partial charge < -0.3 is 5.32 Å². The van der Waals surface area contributed by atoms with Crippen LogP contribution in [-0.4, -0.2) is 45.1 Å². The van der Waals surface area contributed by atoms with Crippen molar-refractivity contribution in [3.05, 3.63) is 77.4 Å². The van der Waals surface area contributed by atoms with E-state index < -0.39 is 26.0 Å². The third kappa shape index (κ3) is 5.81. The van der Waals surface area contributed by atoms with Crippen molar-refractivity contribution in [1.29, 1.82) is 0 Å². The molecule has 9 nitrogen and oxygen atoms in total. The van der Waals surface area contributed by atoms with Gasteiger partial charge in [-0.1, -0.05) is 24.1 Å². The number of halogens is 1. The van der Waals surface area contributed by atoms with Crippen LogP contribution in [0, 0.1) is 0 Å². The molecule has 0 bridgehead atoms. The molecule has 1 amide bonds. The number of hydrogen-bond donors (Lipinski definition) is 2. The summed E-state index contributed by atoms with van der Waals surface area (Å²) in [5.74, 6) is -0.373. The Morgan fingerprint density at radius 1 is 0.914 bits per heavy atom. The topological polar surface area (TPSA) is 126 Å². The van der Waals surface area contributed by atoms with Crippen molar-refractivity contribution in [3.63, 3.8) is 0 Å². The molecule has 1 aliphatic heterocycles. The fourth-order valence-electron chi connectivity index (χ4n) is 3.63. The first kappa shape index (κ1) is 25.1. The Balaban J connectivity index is 1.50. The molecule has 2 heterocycles. The number of pyridine rings is 1. The lowest BCUT2D eigenvalue weighted by molar-refractivity contribution is 0.102. The monoisotopic (exact) mass is 534 g/mol. The van der Waals surface area contributed by atoms with Crippen LogP contribution >= 0.6 is 11.6 Å². The van der Waals surface area contributed by atoms with Crippen LogP contribution in [0.15, 0.2) is 76.7 Å². The SMILES string of the molecule is O=C(Nc1ccc(S(=O)(=O)Nc2ccccn2)cc1)c1ccc(Cl)c(S(=O)(=O)N2CCCCC2)c1. The van der Waals surface area contributed by atoms with Crippen molar-refractivity contribution in [3.8, 4) is 0 Å². The first-order chi connectivity index (χ1) is 16.7. The molecular weight excluding hydrogens is 512 g/mol. The minimum Gasteiger partial charge on any atom is -0.322 e. The molecule has 0 saturated carbocycles. The van der Waals surface area contributed by atoms with E-state index in [0.717, 1.165) is 19.3 Å². The van der Waals surface area contributed by atoms with Gasteiger partial charge in [-0.3, -0.25) is 9.52 Å². The van der Waals surface area contributed by atoms with Gasteiger partial charge in [0.25, 0.3) is 15.9 Å². The Kier molecular flexibility index (Phi) is 7.41. The number of anilines is 2. The minimum absolute atomic E-state index is 0.0115.